The Morgan fingerprint density at radius 1 is 0.816 bits per heavy atom. The predicted octanol–water partition coefficient (Wildman–Crippen LogP) is 3.57. The molecule has 2 heterocycles. The van der Waals surface area contributed by atoms with E-state index in [4.69, 9.17) is 15.2 Å². The topological polar surface area (TPSA) is 116 Å². The molecular formula is C30H28N4O4. The standard InChI is InChI=1S/C30H28N4O4/c31-27-14-12-20(17-32-27)15-24(29(35)33-18-21-11-13-25-26(16-21)38-19-37-25)34-30(36)28(22-7-3-1-4-8-22)23-9-5-2-6-10-23/h1-14,16-17,24,28H,15,18-19H2,(H2,31,32)(H,33,35)(H,34,36). The minimum atomic E-state index is -0.836. The number of anilines is 1. The van der Waals surface area contributed by atoms with E-state index >= 15 is 0 Å². The number of hydrogen-bond donors (Lipinski definition) is 3. The van der Waals surface area contributed by atoms with E-state index < -0.39 is 12.0 Å². The molecule has 38 heavy (non-hydrogen) atoms. The molecule has 0 radical (unpaired) electrons. The Morgan fingerprint density at radius 3 is 2.13 bits per heavy atom. The lowest BCUT2D eigenvalue weighted by Crippen LogP contribution is -2.49. The Kier molecular flexibility index (Phi) is 7.49. The van der Waals surface area contributed by atoms with Crippen LogP contribution in [0.25, 0.3) is 0 Å². The summed E-state index contributed by atoms with van der Waals surface area (Å²) in [6.07, 6.45) is 1.87. The van der Waals surface area contributed by atoms with Crippen molar-refractivity contribution in [2.45, 2.75) is 24.9 Å². The number of hydrogen-bond acceptors (Lipinski definition) is 6. The van der Waals surface area contributed by atoms with Gasteiger partial charge < -0.3 is 25.8 Å². The van der Waals surface area contributed by atoms with Gasteiger partial charge in [0.05, 0.1) is 5.92 Å². The zero-order chi connectivity index (χ0) is 26.3. The van der Waals surface area contributed by atoms with E-state index in [9.17, 15) is 9.59 Å². The van der Waals surface area contributed by atoms with Crippen LogP contribution in [0, 0.1) is 0 Å². The molecule has 4 N–H and O–H groups in total. The first kappa shape index (κ1) is 24.8. The van der Waals surface area contributed by atoms with Gasteiger partial charge in [-0.1, -0.05) is 72.8 Å². The third kappa shape index (κ3) is 5.92. The molecule has 8 nitrogen and oxygen atoms in total. The highest BCUT2D eigenvalue weighted by Gasteiger charge is 2.28. The fourth-order valence-corrected chi connectivity index (χ4v) is 4.41. The summed E-state index contributed by atoms with van der Waals surface area (Å²) in [5.41, 5.74) is 9.05. The molecule has 0 spiro atoms. The smallest absolute Gasteiger partial charge is 0.243 e. The van der Waals surface area contributed by atoms with Crippen molar-refractivity contribution in [2.75, 3.05) is 12.5 Å². The van der Waals surface area contributed by atoms with Gasteiger partial charge in [-0.3, -0.25) is 9.59 Å². The van der Waals surface area contributed by atoms with Gasteiger partial charge in [0.25, 0.3) is 0 Å². The van der Waals surface area contributed by atoms with Gasteiger partial charge >= 0.3 is 0 Å². The lowest BCUT2D eigenvalue weighted by Gasteiger charge is -2.23. The number of aromatic nitrogens is 1. The first-order valence-electron chi connectivity index (χ1n) is 12.3. The molecule has 1 aromatic heterocycles. The number of nitrogen functional groups attached to an aromatic ring is 1. The van der Waals surface area contributed by atoms with Gasteiger partial charge in [-0.25, -0.2) is 4.98 Å². The molecule has 0 aliphatic carbocycles. The Labute approximate surface area is 220 Å². The number of nitrogens with two attached hydrogens (primary N) is 1. The third-order valence-corrected chi connectivity index (χ3v) is 6.35. The average Bonchev–Trinajstić information content (AvgIpc) is 3.42. The number of carbonyl (C=O) groups is 2. The SMILES string of the molecule is Nc1ccc(CC(NC(=O)C(c2ccccc2)c2ccccc2)C(=O)NCc2ccc3c(c2)OCO3)cn1. The van der Waals surface area contributed by atoms with E-state index in [1.165, 1.54) is 0 Å². The van der Waals surface area contributed by atoms with E-state index in [-0.39, 0.29) is 31.6 Å². The van der Waals surface area contributed by atoms with Crippen molar-refractivity contribution in [2.24, 2.45) is 0 Å². The van der Waals surface area contributed by atoms with Crippen LogP contribution in [0.3, 0.4) is 0 Å². The largest absolute Gasteiger partial charge is 0.454 e. The summed E-state index contributed by atoms with van der Waals surface area (Å²) in [6, 6.07) is 27.2. The molecule has 0 saturated heterocycles. The fraction of sp³-hybridized carbons (Fsp3) is 0.167. The van der Waals surface area contributed by atoms with Crippen LogP contribution >= 0.6 is 0 Å². The number of ether oxygens (including phenoxy) is 2. The highest BCUT2D eigenvalue weighted by molar-refractivity contribution is 5.92. The van der Waals surface area contributed by atoms with Crippen LogP contribution in [-0.2, 0) is 22.6 Å². The quantitative estimate of drug-likeness (QED) is 0.318. The Balaban J connectivity index is 1.37. The maximum absolute atomic E-state index is 13.7. The highest BCUT2D eigenvalue weighted by atomic mass is 16.7. The predicted molar refractivity (Wildman–Crippen MR) is 143 cm³/mol. The third-order valence-electron chi connectivity index (χ3n) is 6.35. The van der Waals surface area contributed by atoms with Gasteiger partial charge in [-0.05, 0) is 40.5 Å². The van der Waals surface area contributed by atoms with Crippen molar-refractivity contribution < 1.29 is 19.1 Å². The number of fused-ring (bicyclic) bond motifs is 1. The summed E-state index contributed by atoms with van der Waals surface area (Å²) in [5.74, 6) is 0.541. The summed E-state index contributed by atoms with van der Waals surface area (Å²) < 4.78 is 10.8. The lowest BCUT2D eigenvalue weighted by atomic mass is 9.90. The second-order valence-corrected chi connectivity index (χ2v) is 9.02. The number of pyridine rings is 1. The van der Waals surface area contributed by atoms with E-state index in [1.807, 2.05) is 78.9 Å². The summed E-state index contributed by atoms with van der Waals surface area (Å²) in [4.78, 5) is 31.3. The van der Waals surface area contributed by atoms with Gasteiger partial charge in [0.2, 0.25) is 18.6 Å². The van der Waals surface area contributed by atoms with Crippen LogP contribution in [0.2, 0.25) is 0 Å². The van der Waals surface area contributed by atoms with E-state index in [0.29, 0.717) is 17.3 Å². The monoisotopic (exact) mass is 508 g/mol. The number of amides is 2. The number of nitrogens with one attached hydrogen (secondary N) is 2. The van der Waals surface area contributed by atoms with Crippen molar-refractivity contribution in [3.8, 4) is 11.5 Å². The molecule has 0 saturated carbocycles. The van der Waals surface area contributed by atoms with Crippen LogP contribution in [0.1, 0.15) is 28.2 Å². The van der Waals surface area contributed by atoms with E-state index in [0.717, 1.165) is 22.3 Å². The van der Waals surface area contributed by atoms with Crippen molar-refractivity contribution in [1.82, 2.24) is 15.6 Å². The van der Waals surface area contributed by atoms with Crippen LogP contribution in [-0.4, -0.2) is 29.6 Å². The summed E-state index contributed by atoms with van der Waals surface area (Å²) >= 11 is 0. The molecule has 1 aliphatic heterocycles. The molecule has 0 bridgehead atoms. The number of benzene rings is 3. The summed E-state index contributed by atoms with van der Waals surface area (Å²) in [5, 5.41) is 5.95. The Bertz CT molecular complexity index is 1360. The molecule has 1 aliphatic rings. The molecule has 4 aromatic rings. The molecule has 5 rings (SSSR count). The highest BCUT2D eigenvalue weighted by Crippen LogP contribution is 2.32. The van der Waals surface area contributed by atoms with Gasteiger partial charge in [-0.15, -0.1) is 0 Å². The average molecular weight is 509 g/mol. The van der Waals surface area contributed by atoms with E-state index in [1.54, 1.807) is 18.3 Å². The van der Waals surface area contributed by atoms with Gasteiger partial charge in [0.15, 0.2) is 11.5 Å². The van der Waals surface area contributed by atoms with Crippen LogP contribution in [0.15, 0.2) is 97.2 Å². The summed E-state index contributed by atoms with van der Waals surface area (Å²) in [6.45, 7) is 0.446. The van der Waals surface area contributed by atoms with Crippen LogP contribution < -0.4 is 25.8 Å². The molecular weight excluding hydrogens is 480 g/mol. The van der Waals surface area contributed by atoms with Crippen molar-refractivity contribution in [3.63, 3.8) is 0 Å². The lowest BCUT2D eigenvalue weighted by molar-refractivity contribution is -0.129. The molecule has 1 atom stereocenters. The molecule has 2 amide bonds. The second-order valence-electron chi connectivity index (χ2n) is 9.02. The van der Waals surface area contributed by atoms with E-state index in [2.05, 4.69) is 15.6 Å². The number of rotatable bonds is 9. The molecule has 3 aromatic carbocycles. The van der Waals surface area contributed by atoms with Crippen LogP contribution in [0.4, 0.5) is 5.82 Å². The summed E-state index contributed by atoms with van der Waals surface area (Å²) in [7, 11) is 0. The minimum Gasteiger partial charge on any atom is -0.454 e. The molecule has 1 unspecified atom stereocenters. The zero-order valence-electron chi connectivity index (χ0n) is 20.7. The Morgan fingerprint density at radius 2 is 1.47 bits per heavy atom. The number of carbonyl (C=O) groups excluding carboxylic acids is 2. The minimum absolute atomic E-state index is 0.179. The fourth-order valence-electron chi connectivity index (χ4n) is 4.41. The normalized spacial score (nSPS) is 12.7. The van der Waals surface area contributed by atoms with Crippen LogP contribution in [0.5, 0.6) is 11.5 Å². The first-order valence-corrected chi connectivity index (χ1v) is 12.3. The van der Waals surface area contributed by atoms with Gasteiger partial charge in [0.1, 0.15) is 11.9 Å². The Hall–Kier alpha value is -4.85. The van der Waals surface area contributed by atoms with Crippen molar-refractivity contribution in [3.05, 3.63) is 119 Å². The molecule has 192 valence electrons. The van der Waals surface area contributed by atoms with Crippen molar-refractivity contribution >= 4 is 17.6 Å². The molecule has 8 heteroatoms. The van der Waals surface area contributed by atoms with Gasteiger partial charge in [0, 0.05) is 19.2 Å². The zero-order valence-corrected chi connectivity index (χ0v) is 20.7. The maximum atomic E-state index is 13.7. The second kappa shape index (κ2) is 11.5. The maximum Gasteiger partial charge on any atom is 0.243 e. The first-order chi connectivity index (χ1) is 18.6. The van der Waals surface area contributed by atoms with Gasteiger partial charge in [-0.2, -0.15) is 0 Å². The number of nitrogens with zero attached hydrogens (tertiary/aromatic N) is 1. The van der Waals surface area contributed by atoms with Crippen molar-refractivity contribution in [1.29, 1.82) is 0 Å². The molecule has 0 fully saturated rings.